The van der Waals surface area contributed by atoms with Gasteiger partial charge in [0.2, 0.25) is 0 Å². The smallest absolute Gasteiger partial charge is 0.125 e. The van der Waals surface area contributed by atoms with Crippen LogP contribution < -0.4 is 5.73 Å². The number of hydrogen-bond donors (Lipinski definition) is 1. The molecule has 0 aliphatic heterocycles. The third-order valence-electron chi connectivity index (χ3n) is 2.91. The molecule has 1 atom stereocenters. The van der Waals surface area contributed by atoms with Crippen LogP contribution in [0.25, 0.3) is 5.69 Å². The van der Waals surface area contributed by atoms with E-state index in [1.54, 1.807) is 16.9 Å². The number of halogens is 1. The number of nitrogens with zero attached hydrogens (tertiary/aromatic N) is 3. The first-order valence-corrected chi connectivity index (χ1v) is 6.06. The lowest BCUT2D eigenvalue weighted by Crippen LogP contribution is -2.10. The molecule has 0 fully saturated rings. The molecule has 0 radical (unpaired) electrons. The minimum Gasteiger partial charge on any atom is -0.323 e. The summed E-state index contributed by atoms with van der Waals surface area (Å²) in [5.74, 6) is -0.287. The van der Waals surface area contributed by atoms with Crippen molar-refractivity contribution in [3.05, 3.63) is 41.5 Å². The fourth-order valence-corrected chi connectivity index (χ4v) is 1.85. The molecule has 96 valence electrons. The van der Waals surface area contributed by atoms with Gasteiger partial charge in [-0.25, -0.2) is 9.07 Å². The van der Waals surface area contributed by atoms with E-state index in [4.69, 9.17) is 5.73 Å². The molecule has 0 saturated heterocycles. The van der Waals surface area contributed by atoms with E-state index in [0.717, 1.165) is 24.1 Å². The first kappa shape index (κ1) is 12.7. The number of rotatable bonds is 4. The second kappa shape index (κ2) is 5.27. The van der Waals surface area contributed by atoms with Crippen LogP contribution >= 0.6 is 0 Å². The Kier molecular flexibility index (Phi) is 3.72. The van der Waals surface area contributed by atoms with Crippen LogP contribution in [-0.4, -0.2) is 15.0 Å². The van der Waals surface area contributed by atoms with Crippen LogP contribution in [0.15, 0.2) is 24.4 Å². The molecule has 0 spiro atoms. The number of benzene rings is 1. The molecule has 1 unspecified atom stereocenters. The minimum absolute atomic E-state index is 0.113. The van der Waals surface area contributed by atoms with Crippen LogP contribution in [0.3, 0.4) is 0 Å². The molecule has 2 rings (SSSR count). The van der Waals surface area contributed by atoms with Gasteiger partial charge < -0.3 is 5.73 Å². The Morgan fingerprint density at radius 3 is 2.94 bits per heavy atom. The standard InChI is InChI=1S/C13H17FN4/c1-3-4-11(15)12-8-18(17-16-12)13-7-10(14)6-5-9(13)2/h5-8,11H,3-4,15H2,1-2H3. The Balaban J connectivity index is 2.32. The maximum Gasteiger partial charge on any atom is 0.125 e. The molecule has 1 aromatic carbocycles. The van der Waals surface area contributed by atoms with Crippen molar-refractivity contribution in [2.24, 2.45) is 5.73 Å². The maximum atomic E-state index is 13.2. The van der Waals surface area contributed by atoms with E-state index < -0.39 is 0 Å². The normalized spacial score (nSPS) is 12.7. The zero-order chi connectivity index (χ0) is 13.1. The minimum atomic E-state index is -0.287. The second-order valence-corrected chi connectivity index (χ2v) is 4.41. The fraction of sp³-hybridized carbons (Fsp3) is 0.385. The highest BCUT2D eigenvalue weighted by molar-refractivity contribution is 5.39. The Labute approximate surface area is 106 Å². The van der Waals surface area contributed by atoms with Crippen LogP contribution in [0.2, 0.25) is 0 Å². The molecule has 0 saturated carbocycles. The molecule has 5 heteroatoms. The molecule has 0 aliphatic carbocycles. The van der Waals surface area contributed by atoms with Gasteiger partial charge in [-0.3, -0.25) is 0 Å². The zero-order valence-electron chi connectivity index (χ0n) is 10.6. The molecular formula is C13H17FN4. The largest absolute Gasteiger partial charge is 0.323 e. The molecule has 2 aromatic rings. The number of hydrogen-bond acceptors (Lipinski definition) is 3. The van der Waals surface area contributed by atoms with Crippen LogP contribution in [0.5, 0.6) is 0 Å². The van der Waals surface area contributed by atoms with Crippen molar-refractivity contribution in [3.8, 4) is 5.69 Å². The van der Waals surface area contributed by atoms with Crippen LogP contribution in [0.4, 0.5) is 4.39 Å². The lowest BCUT2D eigenvalue weighted by Gasteiger charge is -2.06. The topological polar surface area (TPSA) is 56.7 Å². The van der Waals surface area contributed by atoms with Gasteiger partial charge in [0.05, 0.1) is 23.6 Å². The van der Waals surface area contributed by atoms with E-state index >= 15 is 0 Å². The molecule has 1 aromatic heterocycles. The Bertz CT molecular complexity index is 536. The number of aryl methyl sites for hydroxylation is 1. The van der Waals surface area contributed by atoms with Crippen LogP contribution in [0, 0.1) is 12.7 Å². The highest BCUT2D eigenvalue weighted by atomic mass is 19.1. The molecule has 2 N–H and O–H groups in total. The van der Waals surface area contributed by atoms with Crippen LogP contribution in [-0.2, 0) is 0 Å². The highest BCUT2D eigenvalue weighted by Crippen LogP contribution is 2.17. The zero-order valence-corrected chi connectivity index (χ0v) is 10.6. The summed E-state index contributed by atoms with van der Waals surface area (Å²) >= 11 is 0. The summed E-state index contributed by atoms with van der Waals surface area (Å²) in [7, 11) is 0. The third kappa shape index (κ3) is 2.56. The Morgan fingerprint density at radius 1 is 1.44 bits per heavy atom. The average Bonchev–Trinajstić information content (AvgIpc) is 2.82. The van der Waals surface area contributed by atoms with Crippen LogP contribution in [0.1, 0.15) is 37.1 Å². The summed E-state index contributed by atoms with van der Waals surface area (Å²) in [5.41, 5.74) is 8.35. The third-order valence-corrected chi connectivity index (χ3v) is 2.91. The van der Waals surface area contributed by atoms with E-state index in [1.807, 2.05) is 6.92 Å². The van der Waals surface area contributed by atoms with Crippen molar-refractivity contribution in [3.63, 3.8) is 0 Å². The van der Waals surface area contributed by atoms with E-state index in [-0.39, 0.29) is 11.9 Å². The number of nitrogens with two attached hydrogens (primary N) is 1. The summed E-state index contributed by atoms with van der Waals surface area (Å²) in [6.07, 6.45) is 3.62. The van der Waals surface area contributed by atoms with Gasteiger partial charge >= 0.3 is 0 Å². The van der Waals surface area contributed by atoms with E-state index in [2.05, 4.69) is 17.2 Å². The average molecular weight is 248 g/mol. The fourth-order valence-electron chi connectivity index (χ4n) is 1.85. The Hall–Kier alpha value is -1.75. The first-order valence-electron chi connectivity index (χ1n) is 6.06. The lowest BCUT2D eigenvalue weighted by atomic mass is 10.1. The quantitative estimate of drug-likeness (QED) is 0.904. The molecule has 4 nitrogen and oxygen atoms in total. The van der Waals surface area contributed by atoms with E-state index in [1.165, 1.54) is 12.1 Å². The summed E-state index contributed by atoms with van der Waals surface area (Å²) < 4.78 is 14.8. The highest BCUT2D eigenvalue weighted by Gasteiger charge is 2.11. The molecule has 0 aliphatic rings. The van der Waals surface area contributed by atoms with Gasteiger partial charge in [-0.05, 0) is 31.0 Å². The molecule has 0 amide bonds. The predicted octanol–water partition coefficient (Wildman–Crippen LogP) is 2.51. The maximum absolute atomic E-state index is 13.2. The SMILES string of the molecule is CCCC(N)c1cn(-c2cc(F)ccc2C)nn1. The summed E-state index contributed by atoms with van der Waals surface area (Å²) in [6, 6.07) is 4.48. The second-order valence-electron chi connectivity index (χ2n) is 4.41. The lowest BCUT2D eigenvalue weighted by molar-refractivity contribution is 0.618. The molecular weight excluding hydrogens is 231 g/mol. The van der Waals surface area contributed by atoms with Gasteiger partial charge in [-0.1, -0.05) is 24.6 Å². The van der Waals surface area contributed by atoms with Gasteiger partial charge in [-0.15, -0.1) is 5.10 Å². The van der Waals surface area contributed by atoms with Crippen molar-refractivity contribution in [1.82, 2.24) is 15.0 Å². The van der Waals surface area contributed by atoms with Crippen molar-refractivity contribution >= 4 is 0 Å². The summed E-state index contributed by atoms with van der Waals surface area (Å²) in [4.78, 5) is 0. The van der Waals surface area contributed by atoms with Gasteiger partial charge in [0.1, 0.15) is 5.82 Å². The van der Waals surface area contributed by atoms with Crippen molar-refractivity contribution in [2.75, 3.05) is 0 Å². The summed E-state index contributed by atoms with van der Waals surface area (Å²) in [5, 5.41) is 8.06. The molecule has 0 bridgehead atoms. The monoisotopic (exact) mass is 248 g/mol. The predicted molar refractivity (Wildman–Crippen MR) is 67.9 cm³/mol. The Morgan fingerprint density at radius 2 is 2.22 bits per heavy atom. The van der Waals surface area contributed by atoms with E-state index in [0.29, 0.717) is 5.69 Å². The first-order chi connectivity index (χ1) is 8.61. The van der Waals surface area contributed by atoms with Gasteiger partial charge in [0.15, 0.2) is 0 Å². The van der Waals surface area contributed by atoms with Gasteiger partial charge in [0.25, 0.3) is 0 Å². The summed E-state index contributed by atoms with van der Waals surface area (Å²) in [6.45, 7) is 3.98. The van der Waals surface area contributed by atoms with Crippen molar-refractivity contribution < 1.29 is 4.39 Å². The molecule has 1 heterocycles. The van der Waals surface area contributed by atoms with Crippen molar-refractivity contribution in [1.29, 1.82) is 0 Å². The van der Waals surface area contributed by atoms with Gasteiger partial charge in [0, 0.05) is 0 Å². The van der Waals surface area contributed by atoms with E-state index in [9.17, 15) is 4.39 Å². The van der Waals surface area contributed by atoms with Crippen molar-refractivity contribution in [2.45, 2.75) is 32.7 Å². The number of aromatic nitrogens is 3. The van der Waals surface area contributed by atoms with Gasteiger partial charge in [-0.2, -0.15) is 0 Å². The molecule has 18 heavy (non-hydrogen) atoms.